The quantitative estimate of drug-likeness (QED) is 0.743. The number of likely N-dealkylation sites (tertiary alicyclic amines) is 1. The molecule has 0 spiro atoms. The zero-order valence-electron chi connectivity index (χ0n) is 11.3. The lowest BCUT2D eigenvalue weighted by Gasteiger charge is -2.30. The summed E-state index contributed by atoms with van der Waals surface area (Å²) in [5.74, 6) is 0.942. The maximum Gasteiger partial charge on any atom is 0.0599 e. The van der Waals surface area contributed by atoms with Gasteiger partial charge in [0.15, 0.2) is 0 Å². The molecule has 0 radical (unpaired) electrons. The minimum atomic E-state index is 0.526. The Labute approximate surface area is 106 Å². The van der Waals surface area contributed by atoms with Crippen molar-refractivity contribution >= 4 is 0 Å². The van der Waals surface area contributed by atoms with Crippen LogP contribution in [0.15, 0.2) is 0 Å². The summed E-state index contributed by atoms with van der Waals surface area (Å²) in [5.41, 5.74) is 0. The summed E-state index contributed by atoms with van der Waals surface area (Å²) in [5, 5.41) is 3.37. The summed E-state index contributed by atoms with van der Waals surface area (Å²) in [7, 11) is 0. The lowest BCUT2D eigenvalue weighted by Crippen LogP contribution is -2.35. The maximum atomic E-state index is 5.93. The van der Waals surface area contributed by atoms with Gasteiger partial charge in [0.05, 0.1) is 6.10 Å². The van der Waals surface area contributed by atoms with Crippen molar-refractivity contribution in [1.29, 1.82) is 0 Å². The first-order valence-corrected chi connectivity index (χ1v) is 7.39. The Balaban J connectivity index is 1.48. The van der Waals surface area contributed by atoms with Crippen molar-refractivity contribution in [3.63, 3.8) is 0 Å². The van der Waals surface area contributed by atoms with Crippen LogP contribution < -0.4 is 5.32 Å². The first kappa shape index (κ1) is 13.3. The molecule has 0 atom stereocenters. The molecule has 0 bridgehead atoms. The molecule has 2 aliphatic rings. The van der Waals surface area contributed by atoms with E-state index in [9.17, 15) is 0 Å². The minimum Gasteiger partial charge on any atom is -0.378 e. The molecule has 2 heterocycles. The molecular weight excluding hydrogens is 212 g/mol. The van der Waals surface area contributed by atoms with Gasteiger partial charge in [0.1, 0.15) is 0 Å². The Bertz CT molecular complexity index is 196. The van der Waals surface area contributed by atoms with Crippen LogP contribution in [-0.2, 0) is 4.74 Å². The van der Waals surface area contributed by atoms with Gasteiger partial charge in [-0.25, -0.2) is 0 Å². The van der Waals surface area contributed by atoms with Gasteiger partial charge in [0.25, 0.3) is 0 Å². The molecule has 100 valence electrons. The van der Waals surface area contributed by atoms with Crippen LogP contribution in [0.5, 0.6) is 0 Å². The largest absolute Gasteiger partial charge is 0.378 e. The average Bonchev–Trinajstić information content (AvgIpc) is 2.38. The van der Waals surface area contributed by atoms with Gasteiger partial charge in [-0.3, -0.25) is 0 Å². The van der Waals surface area contributed by atoms with Gasteiger partial charge >= 0.3 is 0 Å². The molecule has 0 unspecified atom stereocenters. The summed E-state index contributed by atoms with van der Waals surface area (Å²) < 4.78 is 5.93. The predicted molar refractivity (Wildman–Crippen MR) is 71.3 cm³/mol. The maximum absolute atomic E-state index is 5.93. The van der Waals surface area contributed by atoms with E-state index < -0.39 is 0 Å². The second-order valence-electron chi connectivity index (χ2n) is 5.70. The van der Waals surface area contributed by atoms with Crippen molar-refractivity contribution in [2.75, 3.05) is 39.3 Å². The molecule has 0 aromatic carbocycles. The zero-order valence-corrected chi connectivity index (χ0v) is 11.3. The Morgan fingerprint density at radius 1 is 1.12 bits per heavy atom. The highest BCUT2D eigenvalue weighted by Gasteiger charge is 2.16. The fourth-order valence-corrected chi connectivity index (χ4v) is 2.79. The van der Waals surface area contributed by atoms with E-state index in [1.807, 2.05) is 0 Å². The molecular formula is C14H28N2O. The fraction of sp³-hybridized carbons (Fsp3) is 1.00. The van der Waals surface area contributed by atoms with E-state index in [1.54, 1.807) is 0 Å². The molecule has 1 N–H and O–H groups in total. The van der Waals surface area contributed by atoms with E-state index in [4.69, 9.17) is 4.74 Å². The highest BCUT2D eigenvalue weighted by molar-refractivity contribution is 4.70. The predicted octanol–water partition coefficient (Wildman–Crippen LogP) is 1.88. The summed E-state index contributed by atoms with van der Waals surface area (Å²) in [6.07, 6.45) is 6.89. The molecule has 3 heteroatoms. The molecule has 0 aromatic heterocycles. The van der Waals surface area contributed by atoms with Crippen LogP contribution in [0.4, 0.5) is 0 Å². The van der Waals surface area contributed by atoms with Crippen molar-refractivity contribution < 1.29 is 4.74 Å². The van der Waals surface area contributed by atoms with E-state index in [2.05, 4.69) is 17.1 Å². The van der Waals surface area contributed by atoms with Gasteiger partial charge in [-0.2, -0.15) is 0 Å². The van der Waals surface area contributed by atoms with Gasteiger partial charge in [-0.05, 0) is 64.2 Å². The number of hydrogen-bond donors (Lipinski definition) is 1. The highest BCUT2D eigenvalue weighted by Crippen LogP contribution is 2.16. The molecule has 0 aromatic rings. The van der Waals surface area contributed by atoms with Crippen molar-refractivity contribution in [2.24, 2.45) is 5.92 Å². The monoisotopic (exact) mass is 240 g/mol. The number of rotatable bonds is 5. The van der Waals surface area contributed by atoms with Crippen molar-refractivity contribution in [3.8, 4) is 0 Å². The van der Waals surface area contributed by atoms with E-state index in [-0.39, 0.29) is 0 Å². The van der Waals surface area contributed by atoms with Gasteiger partial charge in [-0.1, -0.05) is 6.92 Å². The van der Waals surface area contributed by atoms with Crippen molar-refractivity contribution in [2.45, 2.75) is 45.1 Å². The molecule has 2 saturated heterocycles. The average molecular weight is 240 g/mol. The first-order chi connectivity index (χ1) is 8.34. The van der Waals surface area contributed by atoms with E-state index in [0.717, 1.165) is 25.6 Å². The molecule has 0 amide bonds. The van der Waals surface area contributed by atoms with Crippen LogP contribution in [0.1, 0.15) is 39.0 Å². The van der Waals surface area contributed by atoms with Crippen molar-refractivity contribution in [1.82, 2.24) is 10.2 Å². The van der Waals surface area contributed by atoms with Crippen molar-refractivity contribution in [3.05, 3.63) is 0 Å². The standard InChI is InChI=1S/C14H28N2O/c1-13-5-10-16(11-6-13)9-2-12-17-14-3-7-15-8-4-14/h13-15H,2-12H2,1H3. The number of piperidine rings is 2. The van der Waals surface area contributed by atoms with E-state index in [0.29, 0.717) is 6.10 Å². The lowest BCUT2D eigenvalue weighted by molar-refractivity contribution is 0.0264. The topological polar surface area (TPSA) is 24.5 Å². The molecule has 17 heavy (non-hydrogen) atoms. The highest BCUT2D eigenvalue weighted by atomic mass is 16.5. The second-order valence-corrected chi connectivity index (χ2v) is 5.70. The molecule has 0 saturated carbocycles. The summed E-state index contributed by atoms with van der Waals surface area (Å²) in [4.78, 5) is 2.60. The smallest absolute Gasteiger partial charge is 0.0599 e. The van der Waals surface area contributed by atoms with Crippen LogP contribution in [-0.4, -0.2) is 50.3 Å². The normalized spacial score (nSPS) is 25.2. The van der Waals surface area contributed by atoms with Gasteiger partial charge < -0.3 is 15.0 Å². The number of ether oxygens (including phenoxy) is 1. The third-order valence-electron chi connectivity index (χ3n) is 4.13. The summed E-state index contributed by atoms with van der Waals surface area (Å²) in [6.45, 7) is 9.43. The van der Waals surface area contributed by atoms with Crippen LogP contribution in [0.3, 0.4) is 0 Å². The van der Waals surface area contributed by atoms with Gasteiger partial charge in [-0.15, -0.1) is 0 Å². The number of nitrogens with one attached hydrogen (secondary N) is 1. The molecule has 2 rings (SSSR count). The van der Waals surface area contributed by atoms with E-state index in [1.165, 1.54) is 51.7 Å². The van der Waals surface area contributed by atoms with Crippen LogP contribution in [0.2, 0.25) is 0 Å². The Morgan fingerprint density at radius 3 is 2.53 bits per heavy atom. The molecule has 2 fully saturated rings. The zero-order chi connectivity index (χ0) is 11.9. The SMILES string of the molecule is CC1CCN(CCCOC2CCNCC2)CC1. The van der Waals surface area contributed by atoms with Crippen LogP contribution >= 0.6 is 0 Å². The lowest BCUT2D eigenvalue weighted by atomic mass is 9.99. The Hall–Kier alpha value is -0.120. The first-order valence-electron chi connectivity index (χ1n) is 7.39. The second kappa shape index (κ2) is 7.34. The minimum absolute atomic E-state index is 0.526. The van der Waals surface area contributed by atoms with Gasteiger partial charge in [0.2, 0.25) is 0 Å². The van der Waals surface area contributed by atoms with Gasteiger partial charge in [0, 0.05) is 13.2 Å². The number of nitrogens with zero attached hydrogens (tertiary/aromatic N) is 1. The Morgan fingerprint density at radius 2 is 1.82 bits per heavy atom. The van der Waals surface area contributed by atoms with Crippen LogP contribution in [0.25, 0.3) is 0 Å². The fourth-order valence-electron chi connectivity index (χ4n) is 2.79. The Kier molecular flexibility index (Phi) is 5.75. The molecule has 2 aliphatic heterocycles. The van der Waals surface area contributed by atoms with Crippen LogP contribution in [0, 0.1) is 5.92 Å². The third-order valence-corrected chi connectivity index (χ3v) is 4.13. The molecule has 3 nitrogen and oxygen atoms in total. The third kappa shape index (κ3) is 4.94. The molecule has 0 aliphatic carbocycles. The summed E-state index contributed by atoms with van der Waals surface area (Å²) in [6, 6.07) is 0. The number of hydrogen-bond acceptors (Lipinski definition) is 3. The van der Waals surface area contributed by atoms with E-state index >= 15 is 0 Å². The summed E-state index contributed by atoms with van der Waals surface area (Å²) >= 11 is 0.